The molecule has 6 heteroatoms. The molecule has 0 aliphatic carbocycles. The molecule has 4 nitrogen and oxygen atoms in total. The highest BCUT2D eigenvalue weighted by atomic mass is 19.1. The lowest BCUT2D eigenvalue weighted by molar-refractivity contribution is 0.251. The molecule has 1 unspecified atom stereocenters. The Kier molecular flexibility index (Phi) is 4.84. The van der Waals surface area contributed by atoms with Crippen LogP contribution in [0.1, 0.15) is 6.92 Å². The second-order valence-electron chi connectivity index (χ2n) is 3.65. The van der Waals surface area contributed by atoms with Crippen molar-refractivity contribution in [3.05, 3.63) is 29.8 Å². The molecule has 0 fully saturated rings. The zero-order valence-corrected chi connectivity index (χ0v) is 9.68. The summed E-state index contributed by atoms with van der Waals surface area (Å²) in [5.41, 5.74) is -0.0546. The molecule has 1 atom stereocenters. The van der Waals surface area contributed by atoms with Gasteiger partial charge in [0.1, 0.15) is 11.6 Å². The summed E-state index contributed by atoms with van der Waals surface area (Å²) in [5, 5.41) is 7.78. The molecule has 0 aliphatic heterocycles. The Balaban J connectivity index is 2.50. The van der Waals surface area contributed by atoms with E-state index in [-0.39, 0.29) is 11.7 Å². The summed E-state index contributed by atoms with van der Waals surface area (Å²) in [6, 6.07) is 2.54. The molecule has 2 amide bonds. The first kappa shape index (κ1) is 13.4. The number of halogens is 2. The maximum atomic E-state index is 13.2. The van der Waals surface area contributed by atoms with Crippen LogP contribution in [0.25, 0.3) is 0 Å². The fourth-order valence-electron chi connectivity index (χ4n) is 1.11. The first-order valence-electron chi connectivity index (χ1n) is 5.20. The normalized spacial score (nSPS) is 12.0. The quantitative estimate of drug-likeness (QED) is 0.753. The number of hydrogen-bond acceptors (Lipinski definition) is 2. The molecule has 3 N–H and O–H groups in total. The van der Waals surface area contributed by atoms with Crippen molar-refractivity contribution in [1.29, 1.82) is 0 Å². The maximum Gasteiger partial charge on any atom is 0.319 e. The highest BCUT2D eigenvalue weighted by molar-refractivity contribution is 5.89. The number of benzene rings is 1. The van der Waals surface area contributed by atoms with Crippen LogP contribution in [-0.4, -0.2) is 25.7 Å². The smallest absolute Gasteiger partial charge is 0.319 e. The third-order valence-corrected chi connectivity index (χ3v) is 2.24. The Labute approximate surface area is 98.4 Å². The molecular formula is C11H15F2N3O. The van der Waals surface area contributed by atoms with E-state index in [9.17, 15) is 13.6 Å². The summed E-state index contributed by atoms with van der Waals surface area (Å²) >= 11 is 0. The molecule has 0 radical (unpaired) electrons. The van der Waals surface area contributed by atoms with Crippen molar-refractivity contribution in [1.82, 2.24) is 10.6 Å². The minimum atomic E-state index is -0.804. The van der Waals surface area contributed by atoms with E-state index in [1.807, 2.05) is 6.92 Å². The van der Waals surface area contributed by atoms with Gasteiger partial charge in [0.25, 0.3) is 0 Å². The minimum Gasteiger partial charge on any atom is -0.336 e. The molecular weight excluding hydrogens is 228 g/mol. The van der Waals surface area contributed by atoms with E-state index in [1.165, 1.54) is 6.07 Å². The summed E-state index contributed by atoms with van der Waals surface area (Å²) in [6.07, 6.45) is 0. The van der Waals surface area contributed by atoms with Crippen LogP contribution >= 0.6 is 0 Å². The van der Waals surface area contributed by atoms with E-state index < -0.39 is 17.7 Å². The van der Waals surface area contributed by atoms with Gasteiger partial charge in [-0.25, -0.2) is 13.6 Å². The van der Waals surface area contributed by atoms with Crippen molar-refractivity contribution < 1.29 is 13.6 Å². The lowest BCUT2D eigenvalue weighted by atomic mass is 10.3. The van der Waals surface area contributed by atoms with Crippen LogP contribution in [-0.2, 0) is 0 Å². The molecule has 0 saturated heterocycles. The lowest BCUT2D eigenvalue weighted by Crippen LogP contribution is -2.39. The van der Waals surface area contributed by atoms with Gasteiger partial charge < -0.3 is 16.0 Å². The first-order chi connectivity index (χ1) is 8.02. The second-order valence-corrected chi connectivity index (χ2v) is 3.65. The number of hydrogen-bond donors (Lipinski definition) is 3. The fourth-order valence-corrected chi connectivity index (χ4v) is 1.11. The molecule has 1 aromatic carbocycles. The molecule has 0 aromatic heterocycles. The van der Waals surface area contributed by atoms with Gasteiger partial charge in [0.15, 0.2) is 0 Å². The Morgan fingerprint density at radius 3 is 2.71 bits per heavy atom. The number of rotatable bonds is 4. The van der Waals surface area contributed by atoms with Crippen LogP contribution in [0.4, 0.5) is 19.3 Å². The summed E-state index contributed by atoms with van der Waals surface area (Å²) in [5.74, 6) is -1.49. The largest absolute Gasteiger partial charge is 0.336 e. The average Bonchev–Trinajstić information content (AvgIpc) is 2.29. The molecule has 0 spiro atoms. The van der Waals surface area contributed by atoms with Crippen LogP contribution in [0, 0.1) is 11.6 Å². The first-order valence-corrected chi connectivity index (χ1v) is 5.20. The van der Waals surface area contributed by atoms with Gasteiger partial charge in [-0.1, -0.05) is 0 Å². The van der Waals surface area contributed by atoms with Crippen molar-refractivity contribution in [2.45, 2.75) is 13.0 Å². The lowest BCUT2D eigenvalue weighted by Gasteiger charge is -2.12. The van der Waals surface area contributed by atoms with Crippen LogP contribution in [0.2, 0.25) is 0 Å². The Hall–Kier alpha value is -1.69. The summed E-state index contributed by atoms with van der Waals surface area (Å²) < 4.78 is 25.8. The highest BCUT2D eigenvalue weighted by Gasteiger charge is 2.08. The predicted molar refractivity (Wildman–Crippen MR) is 61.9 cm³/mol. The van der Waals surface area contributed by atoms with Gasteiger partial charge in [-0.05, 0) is 26.1 Å². The van der Waals surface area contributed by atoms with E-state index in [1.54, 1.807) is 7.05 Å². The summed E-state index contributed by atoms with van der Waals surface area (Å²) in [6.45, 7) is 2.30. The van der Waals surface area contributed by atoms with Crippen LogP contribution in [0.15, 0.2) is 18.2 Å². The number of likely N-dealkylation sites (N-methyl/N-ethyl adjacent to an activating group) is 1. The monoisotopic (exact) mass is 243 g/mol. The topological polar surface area (TPSA) is 53.2 Å². The van der Waals surface area contributed by atoms with Gasteiger partial charge in [-0.3, -0.25) is 0 Å². The van der Waals surface area contributed by atoms with Gasteiger partial charge in [0.2, 0.25) is 0 Å². The van der Waals surface area contributed by atoms with Gasteiger partial charge in [0.05, 0.1) is 5.69 Å². The van der Waals surface area contributed by atoms with Crippen LogP contribution in [0.3, 0.4) is 0 Å². The third kappa shape index (κ3) is 4.36. The Bertz CT molecular complexity index is 398. The van der Waals surface area contributed by atoms with Gasteiger partial charge in [-0.2, -0.15) is 0 Å². The van der Waals surface area contributed by atoms with E-state index in [0.29, 0.717) is 12.6 Å². The SMILES string of the molecule is CNC(C)CNC(=O)Nc1ccc(F)cc1F. The van der Waals surface area contributed by atoms with E-state index >= 15 is 0 Å². The zero-order valence-electron chi connectivity index (χ0n) is 9.68. The Morgan fingerprint density at radius 2 is 2.12 bits per heavy atom. The van der Waals surface area contributed by atoms with E-state index in [0.717, 1.165) is 6.07 Å². The molecule has 0 aliphatic rings. The van der Waals surface area contributed by atoms with Crippen LogP contribution < -0.4 is 16.0 Å². The molecule has 1 aromatic rings. The number of carbonyl (C=O) groups excluding carboxylic acids is 1. The average molecular weight is 243 g/mol. The molecule has 17 heavy (non-hydrogen) atoms. The zero-order chi connectivity index (χ0) is 12.8. The van der Waals surface area contributed by atoms with Gasteiger partial charge >= 0.3 is 6.03 Å². The molecule has 94 valence electrons. The number of urea groups is 1. The number of anilines is 1. The van der Waals surface area contributed by atoms with Gasteiger partial charge in [-0.15, -0.1) is 0 Å². The standard InChI is InChI=1S/C11H15F2N3O/c1-7(14-2)6-15-11(17)16-10-4-3-8(12)5-9(10)13/h3-5,7,14H,6H2,1-2H3,(H2,15,16,17). The van der Waals surface area contributed by atoms with Crippen molar-refractivity contribution in [3.63, 3.8) is 0 Å². The number of amides is 2. The van der Waals surface area contributed by atoms with Gasteiger partial charge in [0, 0.05) is 18.7 Å². The summed E-state index contributed by atoms with van der Waals surface area (Å²) in [7, 11) is 1.77. The summed E-state index contributed by atoms with van der Waals surface area (Å²) in [4.78, 5) is 11.4. The number of nitrogens with one attached hydrogen (secondary N) is 3. The van der Waals surface area contributed by atoms with E-state index in [4.69, 9.17) is 0 Å². The molecule has 0 saturated carbocycles. The second kappa shape index (κ2) is 6.15. The Morgan fingerprint density at radius 1 is 1.41 bits per heavy atom. The predicted octanol–water partition coefficient (Wildman–Crippen LogP) is 1.69. The highest BCUT2D eigenvalue weighted by Crippen LogP contribution is 2.14. The van der Waals surface area contributed by atoms with Crippen molar-refractivity contribution in [2.75, 3.05) is 18.9 Å². The minimum absolute atomic E-state index is 0.0546. The fraction of sp³-hybridized carbons (Fsp3) is 0.364. The number of carbonyl (C=O) groups is 1. The van der Waals surface area contributed by atoms with Crippen molar-refractivity contribution in [3.8, 4) is 0 Å². The molecule has 0 bridgehead atoms. The third-order valence-electron chi connectivity index (χ3n) is 2.24. The van der Waals surface area contributed by atoms with E-state index in [2.05, 4.69) is 16.0 Å². The maximum absolute atomic E-state index is 13.2. The molecule has 0 heterocycles. The van der Waals surface area contributed by atoms with Crippen molar-refractivity contribution >= 4 is 11.7 Å². The van der Waals surface area contributed by atoms with Crippen molar-refractivity contribution in [2.24, 2.45) is 0 Å². The molecule has 1 rings (SSSR count). The van der Waals surface area contributed by atoms with Crippen LogP contribution in [0.5, 0.6) is 0 Å².